The molecule has 4 aromatic rings. The quantitative estimate of drug-likeness (QED) is 0.380. The summed E-state index contributed by atoms with van der Waals surface area (Å²) in [5.41, 5.74) is 2.85. The van der Waals surface area contributed by atoms with E-state index in [-0.39, 0.29) is 24.8 Å². The molecule has 0 aliphatic carbocycles. The lowest BCUT2D eigenvalue weighted by Crippen LogP contribution is -2.24. The Labute approximate surface area is 194 Å². The highest BCUT2D eigenvalue weighted by Gasteiger charge is 2.15. The molecule has 0 aliphatic rings. The molecular formula is C26H21F3N4O. The minimum Gasteiger partial charge on any atom is -0.369 e. The Morgan fingerprint density at radius 1 is 0.853 bits per heavy atom. The number of benzene rings is 2. The topological polar surface area (TPSA) is 66.9 Å². The number of nitrogens with zero attached hydrogens (tertiary/aromatic N) is 2. The van der Waals surface area contributed by atoms with Gasteiger partial charge in [-0.25, -0.2) is 18.2 Å². The van der Waals surface area contributed by atoms with Gasteiger partial charge in [-0.15, -0.1) is 0 Å². The molecule has 0 unspecified atom stereocenters. The molecule has 34 heavy (non-hydrogen) atoms. The summed E-state index contributed by atoms with van der Waals surface area (Å²) in [6, 6.07) is 16.1. The van der Waals surface area contributed by atoms with Gasteiger partial charge in [0.2, 0.25) is 0 Å². The van der Waals surface area contributed by atoms with Gasteiger partial charge >= 0.3 is 0 Å². The van der Waals surface area contributed by atoms with Crippen LogP contribution in [0.4, 0.5) is 19.0 Å². The number of rotatable bonds is 8. The fraction of sp³-hybridized carbons (Fsp3) is 0.115. The molecule has 2 aromatic carbocycles. The summed E-state index contributed by atoms with van der Waals surface area (Å²) in [5, 5.41) is 5.94. The van der Waals surface area contributed by atoms with E-state index >= 15 is 0 Å². The second-order valence-electron chi connectivity index (χ2n) is 7.60. The van der Waals surface area contributed by atoms with Crippen LogP contribution in [-0.2, 0) is 13.0 Å². The van der Waals surface area contributed by atoms with E-state index in [4.69, 9.17) is 0 Å². The van der Waals surface area contributed by atoms with Crippen LogP contribution in [-0.4, -0.2) is 22.4 Å². The third kappa shape index (κ3) is 5.98. The summed E-state index contributed by atoms with van der Waals surface area (Å²) >= 11 is 0. The first kappa shape index (κ1) is 23.0. The van der Waals surface area contributed by atoms with Gasteiger partial charge in [0.15, 0.2) is 0 Å². The van der Waals surface area contributed by atoms with Gasteiger partial charge in [-0.3, -0.25) is 9.78 Å². The van der Waals surface area contributed by atoms with Crippen LogP contribution in [0.1, 0.15) is 21.5 Å². The van der Waals surface area contributed by atoms with E-state index in [2.05, 4.69) is 20.6 Å². The van der Waals surface area contributed by atoms with Gasteiger partial charge in [-0.1, -0.05) is 6.07 Å². The maximum absolute atomic E-state index is 13.5. The van der Waals surface area contributed by atoms with Gasteiger partial charge in [-0.05, 0) is 72.1 Å². The second kappa shape index (κ2) is 10.6. The highest BCUT2D eigenvalue weighted by atomic mass is 19.1. The number of hydrogen-bond donors (Lipinski definition) is 2. The molecule has 0 atom stereocenters. The monoisotopic (exact) mass is 462 g/mol. The van der Waals surface area contributed by atoms with Gasteiger partial charge in [0.25, 0.3) is 5.91 Å². The highest BCUT2D eigenvalue weighted by molar-refractivity contribution is 5.99. The minimum atomic E-state index is -0.651. The maximum Gasteiger partial charge on any atom is 0.255 e. The van der Waals surface area contributed by atoms with Gasteiger partial charge in [0.05, 0.1) is 11.3 Å². The number of nitrogens with one attached hydrogen (secondary N) is 2. The summed E-state index contributed by atoms with van der Waals surface area (Å²) in [7, 11) is 0. The van der Waals surface area contributed by atoms with Crippen molar-refractivity contribution in [1.29, 1.82) is 0 Å². The average molecular weight is 462 g/mol. The molecule has 0 aliphatic heterocycles. The summed E-state index contributed by atoms with van der Waals surface area (Å²) in [6.07, 6.45) is 3.62. The van der Waals surface area contributed by atoms with E-state index in [9.17, 15) is 18.0 Å². The van der Waals surface area contributed by atoms with Gasteiger partial charge in [-0.2, -0.15) is 0 Å². The lowest BCUT2D eigenvalue weighted by molar-refractivity contribution is 0.0951. The van der Waals surface area contributed by atoms with Gasteiger partial charge in [0.1, 0.15) is 23.3 Å². The summed E-state index contributed by atoms with van der Waals surface area (Å²) in [6.45, 7) is 0.569. The van der Waals surface area contributed by atoms with Crippen molar-refractivity contribution in [3.8, 4) is 11.3 Å². The van der Waals surface area contributed by atoms with E-state index in [0.29, 0.717) is 34.6 Å². The zero-order chi connectivity index (χ0) is 23.9. The zero-order valence-electron chi connectivity index (χ0n) is 18.1. The van der Waals surface area contributed by atoms with E-state index in [0.717, 1.165) is 11.6 Å². The third-order valence-corrected chi connectivity index (χ3v) is 5.08. The van der Waals surface area contributed by atoms with Crippen LogP contribution in [0.3, 0.4) is 0 Å². The Balaban J connectivity index is 1.55. The maximum atomic E-state index is 13.5. The molecule has 172 valence electrons. The van der Waals surface area contributed by atoms with E-state index in [1.54, 1.807) is 42.7 Å². The summed E-state index contributed by atoms with van der Waals surface area (Å²) in [4.78, 5) is 21.5. The van der Waals surface area contributed by atoms with Crippen molar-refractivity contribution >= 4 is 11.7 Å². The fourth-order valence-electron chi connectivity index (χ4n) is 3.42. The van der Waals surface area contributed by atoms with Crippen molar-refractivity contribution in [2.24, 2.45) is 0 Å². The standard InChI is InChI=1S/C26H21F3N4O/c27-20-5-3-19(4-6-20)24-8-7-23(26(34)32-16-18-2-1-10-30-15-18)25(33-24)31-11-9-17-12-21(28)14-22(29)13-17/h1-8,10,12-15H,9,11,16H2,(H,31,33)(H,32,34). The Bertz CT molecular complexity index is 1260. The molecule has 0 saturated carbocycles. The predicted molar refractivity (Wildman–Crippen MR) is 124 cm³/mol. The van der Waals surface area contributed by atoms with Crippen LogP contribution < -0.4 is 10.6 Å². The van der Waals surface area contributed by atoms with Crippen LogP contribution >= 0.6 is 0 Å². The number of halogens is 3. The number of pyridine rings is 2. The van der Waals surface area contributed by atoms with Crippen molar-refractivity contribution in [3.63, 3.8) is 0 Å². The number of carbonyl (C=O) groups excluding carboxylic acids is 1. The fourth-order valence-corrected chi connectivity index (χ4v) is 3.42. The van der Waals surface area contributed by atoms with Crippen LogP contribution in [0.15, 0.2) is 79.1 Å². The normalized spacial score (nSPS) is 10.7. The number of carbonyl (C=O) groups is 1. The Kier molecular flexibility index (Phi) is 7.17. The van der Waals surface area contributed by atoms with Crippen LogP contribution in [0.2, 0.25) is 0 Å². The molecule has 5 nitrogen and oxygen atoms in total. The summed E-state index contributed by atoms with van der Waals surface area (Å²) in [5.74, 6) is -1.71. The Morgan fingerprint density at radius 3 is 2.32 bits per heavy atom. The number of amides is 1. The Hall–Kier alpha value is -4.20. The molecular weight excluding hydrogens is 441 g/mol. The second-order valence-corrected chi connectivity index (χ2v) is 7.60. The molecule has 4 rings (SSSR count). The van der Waals surface area contributed by atoms with Gasteiger partial charge in [0, 0.05) is 37.1 Å². The Morgan fingerprint density at radius 2 is 1.62 bits per heavy atom. The van der Waals surface area contributed by atoms with Crippen LogP contribution in [0, 0.1) is 17.5 Å². The smallest absolute Gasteiger partial charge is 0.255 e. The minimum absolute atomic E-state index is 0.283. The molecule has 0 bridgehead atoms. The molecule has 1 amide bonds. The number of hydrogen-bond acceptors (Lipinski definition) is 4. The van der Waals surface area contributed by atoms with Gasteiger partial charge < -0.3 is 10.6 Å². The van der Waals surface area contributed by atoms with E-state index in [1.165, 1.54) is 24.3 Å². The molecule has 0 radical (unpaired) electrons. The van der Waals surface area contributed by atoms with Crippen molar-refractivity contribution < 1.29 is 18.0 Å². The third-order valence-electron chi connectivity index (χ3n) is 5.08. The number of aromatic nitrogens is 2. The lowest BCUT2D eigenvalue weighted by Gasteiger charge is -2.14. The first-order chi connectivity index (χ1) is 16.5. The average Bonchev–Trinajstić information content (AvgIpc) is 2.83. The summed E-state index contributed by atoms with van der Waals surface area (Å²) < 4.78 is 40.3. The SMILES string of the molecule is O=C(NCc1cccnc1)c1ccc(-c2ccc(F)cc2)nc1NCCc1cc(F)cc(F)c1. The van der Waals surface area contributed by atoms with Crippen LogP contribution in [0.25, 0.3) is 11.3 Å². The van der Waals surface area contributed by atoms with E-state index < -0.39 is 11.6 Å². The molecule has 0 saturated heterocycles. The predicted octanol–water partition coefficient (Wildman–Crippen LogP) is 5.15. The highest BCUT2D eigenvalue weighted by Crippen LogP contribution is 2.23. The zero-order valence-corrected chi connectivity index (χ0v) is 18.1. The van der Waals surface area contributed by atoms with Crippen molar-refractivity contribution in [2.45, 2.75) is 13.0 Å². The largest absolute Gasteiger partial charge is 0.369 e. The molecule has 0 spiro atoms. The van der Waals surface area contributed by atoms with Crippen molar-refractivity contribution in [2.75, 3.05) is 11.9 Å². The first-order valence-corrected chi connectivity index (χ1v) is 10.6. The molecule has 2 aromatic heterocycles. The van der Waals surface area contributed by atoms with Crippen molar-refractivity contribution in [3.05, 3.63) is 113 Å². The lowest BCUT2D eigenvalue weighted by atomic mass is 10.1. The molecule has 2 N–H and O–H groups in total. The first-order valence-electron chi connectivity index (χ1n) is 10.6. The van der Waals surface area contributed by atoms with E-state index in [1.807, 2.05) is 6.07 Å². The molecule has 2 heterocycles. The molecule has 0 fully saturated rings. The van der Waals surface area contributed by atoms with Crippen molar-refractivity contribution in [1.82, 2.24) is 15.3 Å². The molecule has 8 heteroatoms. The van der Waals surface area contributed by atoms with Crippen LogP contribution in [0.5, 0.6) is 0 Å². The number of anilines is 1.